The van der Waals surface area contributed by atoms with Crippen LogP contribution in [0.3, 0.4) is 0 Å². The van der Waals surface area contributed by atoms with E-state index in [2.05, 4.69) is 22.6 Å². The van der Waals surface area contributed by atoms with Crippen LogP contribution in [0.5, 0.6) is 0 Å². The number of carbonyl (C=O) groups is 1. The summed E-state index contributed by atoms with van der Waals surface area (Å²) in [5.74, 6) is -0.0589. The highest BCUT2D eigenvalue weighted by atomic mass is 16.1. The van der Waals surface area contributed by atoms with Gasteiger partial charge in [0.15, 0.2) is 0 Å². The van der Waals surface area contributed by atoms with Crippen LogP contribution < -0.4 is 16.4 Å². The zero-order valence-electron chi connectivity index (χ0n) is 11.6. The maximum Gasteiger partial charge on any atom is 0.253 e. The molecule has 0 saturated carbocycles. The molecule has 0 radical (unpaired) electrons. The van der Waals surface area contributed by atoms with Crippen LogP contribution in [0.1, 0.15) is 23.7 Å². The number of likely N-dealkylation sites (tertiary alicyclic amines) is 1. The van der Waals surface area contributed by atoms with E-state index in [4.69, 9.17) is 5.73 Å². The lowest BCUT2D eigenvalue weighted by Crippen LogP contribution is -2.27. The fraction of sp³-hybridized carbons (Fsp3) is 0.500. The Kier molecular flexibility index (Phi) is 4.27. The van der Waals surface area contributed by atoms with Crippen LogP contribution in [0.15, 0.2) is 18.2 Å². The van der Waals surface area contributed by atoms with Gasteiger partial charge in [-0.05, 0) is 45.1 Å². The number of nitrogens with zero attached hydrogens (tertiary/aromatic N) is 1. The van der Waals surface area contributed by atoms with E-state index in [1.54, 1.807) is 12.1 Å². The van der Waals surface area contributed by atoms with Gasteiger partial charge in [-0.1, -0.05) is 0 Å². The summed E-state index contributed by atoms with van der Waals surface area (Å²) in [4.78, 5) is 14.3. The van der Waals surface area contributed by atoms with Crippen molar-refractivity contribution in [3.8, 4) is 0 Å². The molecule has 1 aliphatic heterocycles. The van der Waals surface area contributed by atoms with Gasteiger partial charge in [0.1, 0.15) is 0 Å². The van der Waals surface area contributed by atoms with E-state index < -0.39 is 0 Å². The number of nitrogens with one attached hydrogen (secondary N) is 2. The van der Waals surface area contributed by atoms with E-state index in [1.165, 1.54) is 0 Å². The van der Waals surface area contributed by atoms with Crippen LogP contribution in [0.2, 0.25) is 0 Å². The summed E-state index contributed by atoms with van der Waals surface area (Å²) in [6.07, 6.45) is 1.08. The monoisotopic (exact) mass is 262 g/mol. The maximum absolute atomic E-state index is 12.0. The molecule has 1 unspecified atom stereocenters. The normalized spacial score (nSPS) is 19.4. The zero-order chi connectivity index (χ0) is 13.8. The summed E-state index contributed by atoms with van der Waals surface area (Å²) in [5, 5.41) is 6.26. The van der Waals surface area contributed by atoms with E-state index in [9.17, 15) is 4.79 Å². The third kappa shape index (κ3) is 3.38. The van der Waals surface area contributed by atoms with Gasteiger partial charge in [0, 0.05) is 30.5 Å². The molecule has 104 valence electrons. The third-order valence-electron chi connectivity index (χ3n) is 3.38. The summed E-state index contributed by atoms with van der Waals surface area (Å²) in [6.45, 7) is 4.60. The molecule has 1 atom stereocenters. The van der Waals surface area contributed by atoms with Crippen molar-refractivity contribution in [2.24, 2.45) is 0 Å². The molecule has 1 amide bonds. The molecule has 2 rings (SSSR count). The van der Waals surface area contributed by atoms with Crippen molar-refractivity contribution in [1.29, 1.82) is 0 Å². The van der Waals surface area contributed by atoms with Gasteiger partial charge in [-0.25, -0.2) is 0 Å². The van der Waals surface area contributed by atoms with Crippen molar-refractivity contribution in [3.63, 3.8) is 0 Å². The molecular weight excluding hydrogens is 240 g/mol. The van der Waals surface area contributed by atoms with Crippen molar-refractivity contribution < 1.29 is 4.79 Å². The molecule has 1 fully saturated rings. The fourth-order valence-electron chi connectivity index (χ4n) is 2.41. The van der Waals surface area contributed by atoms with Crippen molar-refractivity contribution in [1.82, 2.24) is 10.2 Å². The average molecular weight is 262 g/mol. The third-order valence-corrected chi connectivity index (χ3v) is 3.38. The number of hydrogen-bond donors (Lipinski definition) is 3. The molecule has 0 aromatic heterocycles. The zero-order valence-corrected chi connectivity index (χ0v) is 11.6. The SMILES string of the molecule is CCNC(=O)c1ccc(N)cc1NC1CCN(C)C1. The highest BCUT2D eigenvalue weighted by Crippen LogP contribution is 2.22. The number of likely N-dealkylation sites (N-methyl/N-ethyl adjacent to an activating group) is 1. The fourth-order valence-corrected chi connectivity index (χ4v) is 2.41. The molecule has 4 N–H and O–H groups in total. The minimum atomic E-state index is -0.0589. The van der Waals surface area contributed by atoms with Crippen LogP contribution in [0.4, 0.5) is 11.4 Å². The van der Waals surface area contributed by atoms with Gasteiger partial charge in [-0.3, -0.25) is 4.79 Å². The van der Waals surface area contributed by atoms with Crippen LogP contribution >= 0.6 is 0 Å². The van der Waals surface area contributed by atoms with Gasteiger partial charge >= 0.3 is 0 Å². The molecule has 5 heteroatoms. The van der Waals surface area contributed by atoms with Crippen LogP contribution in [0.25, 0.3) is 0 Å². The van der Waals surface area contributed by atoms with Gasteiger partial charge in [0.05, 0.1) is 5.56 Å². The second kappa shape index (κ2) is 5.93. The predicted molar refractivity (Wildman–Crippen MR) is 78.4 cm³/mol. The molecule has 1 heterocycles. The molecule has 0 bridgehead atoms. The van der Waals surface area contributed by atoms with E-state index in [-0.39, 0.29) is 5.91 Å². The van der Waals surface area contributed by atoms with Crippen molar-refractivity contribution in [3.05, 3.63) is 23.8 Å². The lowest BCUT2D eigenvalue weighted by Gasteiger charge is -2.17. The first-order chi connectivity index (χ1) is 9.10. The number of nitrogens with two attached hydrogens (primary N) is 1. The number of amides is 1. The molecule has 1 aliphatic rings. The number of benzene rings is 1. The Balaban J connectivity index is 2.17. The number of anilines is 2. The van der Waals surface area contributed by atoms with Gasteiger partial charge < -0.3 is 21.3 Å². The minimum absolute atomic E-state index is 0.0589. The van der Waals surface area contributed by atoms with Crippen molar-refractivity contribution in [2.45, 2.75) is 19.4 Å². The first kappa shape index (κ1) is 13.7. The number of rotatable bonds is 4. The molecule has 1 saturated heterocycles. The number of nitrogen functional groups attached to an aromatic ring is 1. The Morgan fingerprint density at radius 3 is 2.95 bits per heavy atom. The smallest absolute Gasteiger partial charge is 0.253 e. The predicted octanol–water partition coefficient (Wildman–Crippen LogP) is 1.13. The summed E-state index contributed by atoms with van der Waals surface area (Å²) in [5.41, 5.74) is 7.97. The van der Waals surface area contributed by atoms with Gasteiger partial charge in [0.2, 0.25) is 0 Å². The van der Waals surface area contributed by atoms with E-state index >= 15 is 0 Å². The van der Waals surface area contributed by atoms with E-state index in [0.29, 0.717) is 23.8 Å². The lowest BCUT2D eigenvalue weighted by molar-refractivity contribution is 0.0956. The summed E-state index contributed by atoms with van der Waals surface area (Å²) >= 11 is 0. The Morgan fingerprint density at radius 2 is 2.32 bits per heavy atom. The largest absolute Gasteiger partial charge is 0.399 e. The van der Waals surface area contributed by atoms with Crippen molar-refractivity contribution in [2.75, 3.05) is 37.7 Å². The highest BCUT2D eigenvalue weighted by molar-refractivity contribution is 6.00. The Bertz CT molecular complexity index is 461. The van der Waals surface area contributed by atoms with Gasteiger partial charge in [0.25, 0.3) is 5.91 Å². The van der Waals surface area contributed by atoms with Crippen LogP contribution in [0, 0.1) is 0 Å². The van der Waals surface area contributed by atoms with Crippen molar-refractivity contribution >= 4 is 17.3 Å². The average Bonchev–Trinajstić information content (AvgIpc) is 2.75. The highest BCUT2D eigenvalue weighted by Gasteiger charge is 2.21. The Labute approximate surface area is 114 Å². The van der Waals surface area contributed by atoms with Gasteiger partial charge in [-0.15, -0.1) is 0 Å². The summed E-state index contributed by atoms with van der Waals surface area (Å²) < 4.78 is 0. The molecule has 0 aliphatic carbocycles. The number of hydrogen-bond acceptors (Lipinski definition) is 4. The second-order valence-electron chi connectivity index (χ2n) is 5.06. The topological polar surface area (TPSA) is 70.4 Å². The first-order valence-electron chi connectivity index (χ1n) is 6.73. The van der Waals surface area contributed by atoms with Crippen LogP contribution in [-0.4, -0.2) is 43.5 Å². The Hall–Kier alpha value is -1.75. The number of carbonyl (C=O) groups excluding carboxylic acids is 1. The van der Waals surface area contributed by atoms with Crippen LogP contribution in [-0.2, 0) is 0 Å². The van der Waals surface area contributed by atoms with E-state index in [1.807, 2.05) is 13.0 Å². The maximum atomic E-state index is 12.0. The molecule has 19 heavy (non-hydrogen) atoms. The molecular formula is C14H22N4O. The standard InChI is InChI=1S/C14H22N4O/c1-3-16-14(19)12-5-4-10(15)8-13(12)17-11-6-7-18(2)9-11/h4-5,8,11,17H,3,6-7,9,15H2,1-2H3,(H,16,19). The molecule has 5 nitrogen and oxygen atoms in total. The summed E-state index contributed by atoms with van der Waals surface area (Å²) in [6, 6.07) is 5.75. The molecule has 0 spiro atoms. The molecule has 1 aromatic carbocycles. The van der Waals surface area contributed by atoms with E-state index in [0.717, 1.165) is 25.2 Å². The van der Waals surface area contributed by atoms with Gasteiger partial charge in [-0.2, -0.15) is 0 Å². The lowest BCUT2D eigenvalue weighted by atomic mass is 10.1. The minimum Gasteiger partial charge on any atom is -0.399 e. The molecule has 1 aromatic rings. The quantitative estimate of drug-likeness (QED) is 0.712. The second-order valence-corrected chi connectivity index (χ2v) is 5.06. The first-order valence-corrected chi connectivity index (χ1v) is 6.73. The summed E-state index contributed by atoms with van der Waals surface area (Å²) in [7, 11) is 2.10. The Morgan fingerprint density at radius 1 is 1.53 bits per heavy atom.